The molecule has 1 aromatic heterocycles. The number of para-hydroxylation sites is 2. The zero-order valence-electron chi connectivity index (χ0n) is 18.3. The lowest BCUT2D eigenvalue weighted by molar-refractivity contribution is -0.113. The zero-order valence-corrected chi connectivity index (χ0v) is 19.1. The maximum Gasteiger partial charge on any atom is 0.262 e. The van der Waals surface area contributed by atoms with Crippen molar-refractivity contribution in [3.63, 3.8) is 0 Å². The van der Waals surface area contributed by atoms with Crippen LogP contribution in [0.1, 0.15) is 35.8 Å². The molecule has 3 aromatic carbocycles. The number of amides is 1. The van der Waals surface area contributed by atoms with Gasteiger partial charge < -0.3 is 5.32 Å². The highest BCUT2D eigenvalue weighted by atomic mass is 32.2. The quantitative estimate of drug-likeness (QED) is 0.242. The molecule has 0 spiro atoms. The van der Waals surface area contributed by atoms with Crippen molar-refractivity contribution in [2.24, 2.45) is 0 Å². The molecule has 0 saturated carbocycles. The summed E-state index contributed by atoms with van der Waals surface area (Å²) >= 11 is 1.20. The van der Waals surface area contributed by atoms with Crippen molar-refractivity contribution in [1.29, 1.82) is 0 Å². The van der Waals surface area contributed by atoms with E-state index in [1.165, 1.54) is 18.7 Å². The van der Waals surface area contributed by atoms with Crippen LogP contribution in [0.4, 0.5) is 5.69 Å². The van der Waals surface area contributed by atoms with Gasteiger partial charge in [-0.25, -0.2) is 4.98 Å². The van der Waals surface area contributed by atoms with Crippen molar-refractivity contribution in [2.45, 2.75) is 25.0 Å². The molecule has 33 heavy (non-hydrogen) atoms. The van der Waals surface area contributed by atoms with Crippen molar-refractivity contribution in [2.75, 3.05) is 11.1 Å². The second-order valence-corrected chi connectivity index (χ2v) is 8.55. The van der Waals surface area contributed by atoms with Crippen molar-refractivity contribution < 1.29 is 9.59 Å². The number of fused-ring (bicyclic) bond motifs is 1. The summed E-state index contributed by atoms with van der Waals surface area (Å²) in [5, 5.41) is 3.79. The van der Waals surface area contributed by atoms with Gasteiger partial charge in [-0.15, -0.1) is 0 Å². The van der Waals surface area contributed by atoms with Gasteiger partial charge in [-0.2, -0.15) is 0 Å². The van der Waals surface area contributed by atoms with E-state index in [9.17, 15) is 14.4 Å². The molecule has 0 aliphatic heterocycles. The Morgan fingerprint density at radius 1 is 0.970 bits per heavy atom. The van der Waals surface area contributed by atoms with Crippen LogP contribution < -0.4 is 10.9 Å². The first-order chi connectivity index (χ1) is 16.0. The molecule has 0 aliphatic rings. The van der Waals surface area contributed by atoms with Crippen molar-refractivity contribution in [3.8, 4) is 0 Å². The Morgan fingerprint density at radius 2 is 1.64 bits per heavy atom. The lowest BCUT2D eigenvalue weighted by Gasteiger charge is -2.20. The molecule has 1 atom stereocenters. The van der Waals surface area contributed by atoms with Gasteiger partial charge in [0.1, 0.15) is 0 Å². The molecule has 0 fully saturated rings. The molecule has 7 heteroatoms. The van der Waals surface area contributed by atoms with E-state index in [4.69, 9.17) is 4.98 Å². The number of rotatable bonds is 7. The van der Waals surface area contributed by atoms with Gasteiger partial charge in [-0.05, 0) is 43.7 Å². The lowest BCUT2D eigenvalue weighted by Crippen LogP contribution is -2.27. The third-order valence-corrected chi connectivity index (χ3v) is 6.31. The molecule has 0 radical (unpaired) electrons. The van der Waals surface area contributed by atoms with Crippen LogP contribution in [0.3, 0.4) is 0 Å². The number of hydrogen-bond acceptors (Lipinski definition) is 5. The largest absolute Gasteiger partial charge is 0.325 e. The summed E-state index contributed by atoms with van der Waals surface area (Å²) in [7, 11) is 0. The summed E-state index contributed by atoms with van der Waals surface area (Å²) in [5.74, 6) is -0.367. The van der Waals surface area contributed by atoms with Crippen LogP contribution in [0, 0.1) is 0 Å². The monoisotopic (exact) mass is 457 g/mol. The Hall–Kier alpha value is -3.71. The molecule has 0 unspecified atom stereocenters. The third kappa shape index (κ3) is 4.88. The number of nitrogens with zero attached hydrogens (tertiary/aromatic N) is 2. The van der Waals surface area contributed by atoms with E-state index in [1.54, 1.807) is 41.0 Å². The van der Waals surface area contributed by atoms with Gasteiger partial charge in [-0.1, -0.05) is 66.4 Å². The molecule has 6 nitrogen and oxygen atoms in total. The minimum Gasteiger partial charge on any atom is -0.325 e. The molecule has 1 heterocycles. The van der Waals surface area contributed by atoms with E-state index in [2.05, 4.69) is 5.32 Å². The summed E-state index contributed by atoms with van der Waals surface area (Å²) < 4.78 is 1.64. The summed E-state index contributed by atoms with van der Waals surface area (Å²) in [5.41, 5.74) is 2.33. The average molecular weight is 458 g/mol. The number of hydrogen-bond donors (Lipinski definition) is 1. The Balaban J connectivity index is 1.65. The summed E-state index contributed by atoms with van der Waals surface area (Å²) in [6.45, 7) is 3.41. The predicted octanol–water partition coefficient (Wildman–Crippen LogP) is 4.94. The maximum absolute atomic E-state index is 13.4. The molecular formula is C26H23N3O3S. The molecule has 4 aromatic rings. The fourth-order valence-corrected chi connectivity index (χ4v) is 4.54. The molecule has 1 amide bonds. The highest BCUT2D eigenvalue weighted by molar-refractivity contribution is 7.99. The molecule has 166 valence electrons. The molecular weight excluding hydrogens is 434 g/mol. The van der Waals surface area contributed by atoms with Crippen LogP contribution in [0.2, 0.25) is 0 Å². The highest BCUT2D eigenvalue weighted by Crippen LogP contribution is 2.25. The Kier molecular flexibility index (Phi) is 6.70. The van der Waals surface area contributed by atoms with Crippen LogP contribution in [-0.2, 0) is 4.79 Å². The second-order valence-electron chi connectivity index (χ2n) is 7.61. The van der Waals surface area contributed by atoms with Gasteiger partial charge in [0.25, 0.3) is 5.56 Å². The third-order valence-electron chi connectivity index (χ3n) is 5.36. The first-order valence-corrected chi connectivity index (χ1v) is 11.5. The Morgan fingerprint density at radius 3 is 2.39 bits per heavy atom. The number of anilines is 1. The van der Waals surface area contributed by atoms with Crippen LogP contribution in [0.25, 0.3) is 10.9 Å². The van der Waals surface area contributed by atoms with Gasteiger partial charge in [0.15, 0.2) is 10.9 Å². The minimum absolute atomic E-state index is 0.0402. The maximum atomic E-state index is 13.4. The van der Waals surface area contributed by atoms with Gasteiger partial charge in [0.2, 0.25) is 5.91 Å². The fraction of sp³-hybridized carbons (Fsp3) is 0.154. The van der Waals surface area contributed by atoms with Crippen molar-refractivity contribution in [1.82, 2.24) is 9.55 Å². The van der Waals surface area contributed by atoms with Gasteiger partial charge in [-0.3, -0.25) is 19.0 Å². The lowest BCUT2D eigenvalue weighted by atomic mass is 10.1. The van der Waals surface area contributed by atoms with Crippen LogP contribution >= 0.6 is 11.8 Å². The zero-order chi connectivity index (χ0) is 23.4. The van der Waals surface area contributed by atoms with E-state index in [-0.39, 0.29) is 29.0 Å². The number of aromatic nitrogens is 2. The summed E-state index contributed by atoms with van der Waals surface area (Å²) in [6, 6.07) is 23.5. The molecule has 0 aliphatic carbocycles. The predicted molar refractivity (Wildman–Crippen MR) is 132 cm³/mol. The van der Waals surface area contributed by atoms with Crippen LogP contribution in [0.5, 0.6) is 0 Å². The highest BCUT2D eigenvalue weighted by Gasteiger charge is 2.19. The number of thioether (sulfide) groups is 1. The standard InChI is InChI=1S/C26H23N3O3S/c1-17(19-10-4-3-5-11-19)29-25(32)21-13-7-9-15-23(21)28-26(29)33-16-24(31)27-22-14-8-6-12-20(22)18(2)30/h3-15,17H,16H2,1-2H3,(H,27,31)/t17-/m1/s1. The van der Waals surface area contributed by atoms with E-state index < -0.39 is 0 Å². The molecule has 4 rings (SSSR count). The van der Waals surface area contributed by atoms with Crippen LogP contribution in [-0.4, -0.2) is 27.0 Å². The van der Waals surface area contributed by atoms with Crippen molar-refractivity contribution >= 4 is 40.0 Å². The van der Waals surface area contributed by atoms with E-state index in [1.807, 2.05) is 49.4 Å². The van der Waals surface area contributed by atoms with E-state index >= 15 is 0 Å². The van der Waals surface area contributed by atoms with Gasteiger partial charge in [0, 0.05) is 5.56 Å². The molecule has 0 bridgehead atoms. The molecule has 0 saturated heterocycles. The number of Topliss-reactive ketones (excluding diaryl/α,β-unsaturated/α-hetero) is 1. The smallest absolute Gasteiger partial charge is 0.262 e. The topological polar surface area (TPSA) is 81.1 Å². The number of carbonyl (C=O) groups is 2. The summed E-state index contributed by atoms with van der Waals surface area (Å²) in [4.78, 5) is 42.6. The Labute approximate surface area is 195 Å². The van der Waals surface area contributed by atoms with Crippen LogP contribution in [0.15, 0.2) is 88.8 Å². The Bertz CT molecular complexity index is 1380. The minimum atomic E-state index is -0.282. The van der Waals surface area contributed by atoms with Gasteiger partial charge >= 0.3 is 0 Å². The molecule has 1 N–H and O–H groups in total. The normalized spacial score (nSPS) is 11.8. The number of benzene rings is 3. The summed E-state index contributed by atoms with van der Waals surface area (Å²) in [6.07, 6.45) is 0. The van der Waals surface area contributed by atoms with E-state index in [0.29, 0.717) is 27.3 Å². The number of ketones is 1. The first-order valence-electron chi connectivity index (χ1n) is 10.5. The second kappa shape index (κ2) is 9.83. The van der Waals surface area contributed by atoms with E-state index in [0.717, 1.165) is 5.56 Å². The average Bonchev–Trinajstić information content (AvgIpc) is 2.83. The number of nitrogens with one attached hydrogen (secondary N) is 1. The number of carbonyl (C=O) groups excluding carboxylic acids is 2. The first kappa shape index (κ1) is 22.5. The SMILES string of the molecule is CC(=O)c1ccccc1NC(=O)CSc1nc2ccccc2c(=O)n1[C@H](C)c1ccccc1. The van der Waals surface area contributed by atoms with Crippen molar-refractivity contribution in [3.05, 3.63) is 100 Å². The fourth-order valence-electron chi connectivity index (χ4n) is 3.67. The van der Waals surface area contributed by atoms with Gasteiger partial charge in [0.05, 0.1) is 28.4 Å².